The summed E-state index contributed by atoms with van der Waals surface area (Å²) in [6, 6.07) is 9.99. The van der Waals surface area contributed by atoms with Crippen molar-refractivity contribution in [3.05, 3.63) is 36.0 Å². The topological polar surface area (TPSA) is 54.0 Å². The number of para-hydroxylation sites is 1. The van der Waals surface area contributed by atoms with Gasteiger partial charge in [0.15, 0.2) is 0 Å². The Kier molecular flexibility index (Phi) is 3.32. The number of rotatable bonds is 4. The lowest BCUT2D eigenvalue weighted by atomic mass is 10.1. The van der Waals surface area contributed by atoms with Crippen LogP contribution in [0, 0.1) is 5.41 Å². The monoisotopic (exact) mass is 283 g/mol. The average molecular weight is 283 g/mol. The Labute approximate surface area is 125 Å². The Bertz CT molecular complexity index is 693. The molecule has 4 heteroatoms. The van der Waals surface area contributed by atoms with E-state index in [4.69, 9.17) is 0 Å². The molecule has 1 aromatic carbocycles. The molecule has 1 aliphatic carbocycles. The van der Waals surface area contributed by atoms with Crippen molar-refractivity contribution in [1.29, 1.82) is 0 Å². The lowest BCUT2D eigenvalue weighted by Gasteiger charge is -2.11. The van der Waals surface area contributed by atoms with Gasteiger partial charge in [-0.25, -0.2) is 4.98 Å². The molecule has 1 atom stereocenters. The highest BCUT2D eigenvalue weighted by Crippen LogP contribution is 2.44. The number of pyridine rings is 1. The summed E-state index contributed by atoms with van der Waals surface area (Å²) in [4.78, 5) is 16.9. The molecule has 1 heterocycles. The highest BCUT2D eigenvalue weighted by atomic mass is 16.2. The molecule has 0 spiro atoms. The molecule has 1 fully saturated rings. The van der Waals surface area contributed by atoms with Crippen LogP contribution in [0.5, 0.6) is 0 Å². The highest BCUT2D eigenvalue weighted by molar-refractivity contribution is 6.00. The molecule has 1 aliphatic rings. The molecule has 1 saturated carbocycles. The van der Waals surface area contributed by atoms with Gasteiger partial charge in [-0.2, -0.15) is 0 Å². The number of fused-ring (bicyclic) bond motifs is 1. The molecular formula is C17H21N3O. The second-order valence-electron chi connectivity index (χ2n) is 6.32. The van der Waals surface area contributed by atoms with Gasteiger partial charge in [0.25, 0.3) is 5.91 Å². The number of anilines is 1. The zero-order chi connectivity index (χ0) is 15.0. The molecular weight excluding hydrogens is 262 g/mol. The first-order chi connectivity index (χ1) is 10.0. The van der Waals surface area contributed by atoms with Crippen molar-refractivity contribution < 1.29 is 4.79 Å². The fourth-order valence-corrected chi connectivity index (χ4v) is 2.57. The van der Waals surface area contributed by atoms with E-state index in [0.717, 1.165) is 29.6 Å². The third-order valence-corrected chi connectivity index (χ3v) is 4.13. The van der Waals surface area contributed by atoms with Crippen LogP contribution in [0.15, 0.2) is 30.3 Å². The third kappa shape index (κ3) is 2.71. The Morgan fingerprint density at radius 3 is 2.76 bits per heavy atom. The molecule has 4 nitrogen and oxygen atoms in total. The number of aromatic nitrogens is 1. The van der Waals surface area contributed by atoms with E-state index >= 15 is 0 Å². The van der Waals surface area contributed by atoms with Crippen LogP contribution >= 0.6 is 0 Å². The fourth-order valence-electron chi connectivity index (χ4n) is 2.57. The number of benzene rings is 1. The van der Waals surface area contributed by atoms with E-state index in [1.165, 1.54) is 0 Å². The summed E-state index contributed by atoms with van der Waals surface area (Å²) < 4.78 is 0. The summed E-state index contributed by atoms with van der Waals surface area (Å²) >= 11 is 0. The van der Waals surface area contributed by atoms with Gasteiger partial charge in [-0.05, 0) is 30.9 Å². The van der Waals surface area contributed by atoms with Gasteiger partial charge in [-0.15, -0.1) is 0 Å². The minimum absolute atomic E-state index is 0.0875. The Hall–Kier alpha value is -2.10. The van der Waals surface area contributed by atoms with Gasteiger partial charge in [-0.1, -0.05) is 32.0 Å². The van der Waals surface area contributed by atoms with E-state index < -0.39 is 0 Å². The van der Waals surface area contributed by atoms with Gasteiger partial charge >= 0.3 is 0 Å². The molecule has 1 amide bonds. The third-order valence-electron chi connectivity index (χ3n) is 4.13. The van der Waals surface area contributed by atoms with Gasteiger partial charge in [0.1, 0.15) is 5.69 Å². The first-order valence-electron chi connectivity index (χ1n) is 7.46. The van der Waals surface area contributed by atoms with Crippen LogP contribution in [0.3, 0.4) is 0 Å². The standard InChI is InChI=1S/C17H21N3O/c1-4-18-13-9-14(16(21)20-15-10-17(15,2)3)19-12-8-6-5-7-11(12)13/h5-9,15H,4,10H2,1-3H3,(H,18,19)(H,20,21). The molecule has 1 unspecified atom stereocenters. The maximum absolute atomic E-state index is 12.4. The molecule has 2 N–H and O–H groups in total. The maximum Gasteiger partial charge on any atom is 0.270 e. The van der Waals surface area contributed by atoms with Crippen molar-refractivity contribution in [2.24, 2.45) is 5.41 Å². The molecule has 0 bridgehead atoms. The predicted octanol–water partition coefficient (Wildman–Crippen LogP) is 3.19. The van der Waals surface area contributed by atoms with Gasteiger partial charge < -0.3 is 10.6 Å². The summed E-state index contributed by atoms with van der Waals surface area (Å²) in [5.74, 6) is -0.0875. The zero-order valence-corrected chi connectivity index (χ0v) is 12.7. The van der Waals surface area contributed by atoms with E-state index in [0.29, 0.717) is 5.69 Å². The van der Waals surface area contributed by atoms with Gasteiger partial charge in [0, 0.05) is 23.7 Å². The normalized spacial score (nSPS) is 19.3. The number of hydrogen-bond donors (Lipinski definition) is 2. The van der Waals surface area contributed by atoms with Crippen molar-refractivity contribution in [3.63, 3.8) is 0 Å². The van der Waals surface area contributed by atoms with Crippen LogP contribution in [-0.4, -0.2) is 23.5 Å². The van der Waals surface area contributed by atoms with Gasteiger partial charge in [0.2, 0.25) is 0 Å². The second-order valence-corrected chi connectivity index (χ2v) is 6.32. The zero-order valence-electron chi connectivity index (χ0n) is 12.7. The second kappa shape index (κ2) is 5.02. The summed E-state index contributed by atoms with van der Waals surface area (Å²) in [6.07, 6.45) is 1.03. The molecule has 3 rings (SSSR count). The summed E-state index contributed by atoms with van der Waals surface area (Å²) in [6.45, 7) is 7.18. The van der Waals surface area contributed by atoms with E-state index in [1.54, 1.807) is 0 Å². The van der Waals surface area contributed by atoms with Crippen LogP contribution < -0.4 is 10.6 Å². The van der Waals surface area contributed by atoms with Crippen molar-refractivity contribution in [2.45, 2.75) is 33.2 Å². The smallest absolute Gasteiger partial charge is 0.270 e. The van der Waals surface area contributed by atoms with Crippen molar-refractivity contribution in [1.82, 2.24) is 10.3 Å². The highest BCUT2D eigenvalue weighted by Gasteiger charge is 2.46. The van der Waals surface area contributed by atoms with Crippen molar-refractivity contribution in [3.8, 4) is 0 Å². The predicted molar refractivity (Wildman–Crippen MR) is 85.6 cm³/mol. The number of hydrogen-bond acceptors (Lipinski definition) is 3. The quantitative estimate of drug-likeness (QED) is 0.906. The van der Waals surface area contributed by atoms with E-state index in [1.807, 2.05) is 37.3 Å². The minimum atomic E-state index is -0.0875. The minimum Gasteiger partial charge on any atom is -0.385 e. The molecule has 2 aromatic rings. The number of nitrogens with one attached hydrogen (secondary N) is 2. The number of carbonyl (C=O) groups is 1. The van der Waals surface area contributed by atoms with Crippen LogP contribution in [0.2, 0.25) is 0 Å². The summed E-state index contributed by atoms with van der Waals surface area (Å²) in [7, 11) is 0. The Morgan fingerprint density at radius 2 is 2.10 bits per heavy atom. The maximum atomic E-state index is 12.4. The van der Waals surface area contributed by atoms with Crippen LogP contribution in [0.4, 0.5) is 5.69 Å². The van der Waals surface area contributed by atoms with E-state index in [2.05, 4.69) is 29.5 Å². The van der Waals surface area contributed by atoms with E-state index in [9.17, 15) is 4.79 Å². The van der Waals surface area contributed by atoms with Crippen LogP contribution in [0.1, 0.15) is 37.7 Å². The number of carbonyl (C=O) groups excluding carboxylic acids is 1. The summed E-state index contributed by atoms with van der Waals surface area (Å²) in [5, 5.41) is 7.42. The number of amides is 1. The lowest BCUT2D eigenvalue weighted by molar-refractivity contribution is 0.0941. The van der Waals surface area contributed by atoms with E-state index in [-0.39, 0.29) is 17.4 Å². The molecule has 21 heavy (non-hydrogen) atoms. The largest absolute Gasteiger partial charge is 0.385 e. The first kappa shape index (κ1) is 13.9. The molecule has 0 aliphatic heterocycles. The SMILES string of the molecule is CCNc1cc(C(=O)NC2CC2(C)C)nc2ccccc12. The fraction of sp³-hybridized carbons (Fsp3) is 0.412. The van der Waals surface area contributed by atoms with Gasteiger partial charge in [0.05, 0.1) is 5.52 Å². The molecule has 0 radical (unpaired) electrons. The van der Waals surface area contributed by atoms with Crippen LogP contribution in [0.25, 0.3) is 10.9 Å². The Morgan fingerprint density at radius 1 is 1.38 bits per heavy atom. The summed E-state index contributed by atoms with van der Waals surface area (Å²) in [5.41, 5.74) is 2.50. The Balaban J connectivity index is 1.93. The molecule has 0 saturated heterocycles. The van der Waals surface area contributed by atoms with Crippen molar-refractivity contribution >= 4 is 22.5 Å². The van der Waals surface area contributed by atoms with Crippen LogP contribution in [-0.2, 0) is 0 Å². The molecule has 110 valence electrons. The van der Waals surface area contributed by atoms with Crippen molar-refractivity contribution in [2.75, 3.05) is 11.9 Å². The molecule has 1 aromatic heterocycles. The first-order valence-corrected chi connectivity index (χ1v) is 7.46. The number of nitrogens with zero attached hydrogens (tertiary/aromatic N) is 1. The van der Waals surface area contributed by atoms with Gasteiger partial charge in [-0.3, -0.25) is 4.79 Å². The lowest BCUT2D eigenvalue weighted by Crippen LogP contribution is -2.29. The average Bonchev–Trinajstić information content (AvgIpc) is 3.05.